The number of alkyl halides is 6. The summed E-state index contributed by atoms with van der Waals surface area (Å²) < 4.78 is 78.8. The number of nitrogens with one attached hydrogen (secondary N) is 1. The number of rotatable bonds is 4. The summed E-state index contributed by atoms with van der Waals surface area (Å²) in [7, 11) is 0. The van der Waals surface area contributed by atoms with Crippen LogP contribution in [0.25, 0.3) is 0 Å². The van der Waals surface area contributed by atoms with Crippen molar-refractivity contribution in [2.75, 3.05) is 5.32 Å². The standard InChI is InChI=1S/C14H4BrCl2F6N3O4/c15-7-3-5(13(18,19)20)9(16)10(17)12(7)24-11-6(14(21,22)23)1-4(25(27)28)2-8(11)26(29)30/h1-3,24H. The quantitative estimate of drug-likeness (QED) is 0.188. The number of nitro groups is 2. The second kappa shape index (κ2) is 8.07. The van der Waals surface area contributed by atoms with Crippen LogP contribution in [0.3, 0.4) is 0 Å². The van der Waals surface area contributed by atoms with Crippen LogP contribution < -0.4 is 5.32 Å². The number of hydrogen-bond acceptors (Lipinski definition) is 5. The minimum absolute atomic E-state index is 0.0306. The molecule has 0 saturated carbocycles. The Kier molecular flexibility index (Phi) is 6.45. The Balaban J connectivity index is 2.82. The molecule has 0 aliphatic carbocycles. The summed E-state index contributed by atoms with van der Waals surface area (Å²) in [5, 5.41) is 22.1. The minimum Gasteiger partial charge on any atom is -0.347 e. The molecule has 0 atom stereocenters. The number of non-ortho nitro benzene ring substituents is 1. The van der Waals surface area contributed by atoms with Crippen LogP contribution in [-0.4, -0.2) is 9.85 Å². The second-order valence-corrected chi connectivity index (χ2v) is 7.04. The zero-order valence-corrected chi connectivity index (χ0v) is 16.8. The number of hydrogen-bond donors (Lipinski definition) is 1. The Labute approximate surface area is 180 Å². The van der Waals surface area contributed by atoms with Gasteiger partial charge in [-0.25, -0.2) is 0 Å². The number of anilines is 2. The molecule has 0 unspecified atom stereocenters. The highest BCUT2D eigenvalue weighted by molar-refractivity contribution is 9.10. The normalized spacial score (nSPS) is 12.0. The molecule has 2 aromatic carbocycles. The van der Waals surface area contributed by atoms with E-state index in [1.807, 2.05) is 5.32 Å². The molecule has 0 aromatic heterocycles. The average molecular weight is 543 g/mol. The first kappa shape index (κ1) is 24.0. The van der Waals surface area contributed by atoms with E-state index in [0.29, 0.717) is 6.07 Å². The molecule has 0 radical (unpaired) electrons. The summed E-state index contributed by atoms with van der Waals surface area (Å²) in [6.45, 7) is 0. The first-order valence-corrected chi connectivity index (χ1v) is 8.66. The molecule has 0 spiro atoms. The molecule has 0 amide bonds. The van der Waals surface area contributed by atoms with Gasteiger partial charge in [-0.1, -0.05) is 23.2 Å². The van der Waals surface area contributed by atoms with Crippen molar-refractivity contribution in [2.24, 2.45) is 0 Å². The smallest absolute Gasteiger partial charge is 0.347 e. The van der Waals surface area contributed by atoms with E-state index in [2.05, 4.69) is 15.9 Å². The van der Waals surface area contributed by atoms with Crippen LogP contribution in [0.2, 0.25) is 10.0 Å². The van der Waals surface area contributed by atoms with E-state index >= 15 is 0 Å². The van der Waals surface area contributed by atoms with Crippen molar-refractivity contribution in [3.8, 4) is 0 Å². The predicted molar refractivity (Wildman–Crippen MR) is 97.2 cm³/mol. The highest BCUT2D eigenvalue weighted by Crippen LogP contribution is 2.49. The molecule has 30 heavy (non-hydrogen) atoms. The van der Waals surface area contributed by atoms with Gasteiger partial charge >= 0.3 is 12.4 Å². The lowest BCUT2D eigenvalue weighted by atomic mass is 10.1. The first-order valence-electron chi connectivity index (χ1n) is 7.11. The van der Waals surface area contributed by atoms with Gasteiger partial charge in [-0.05, 0) is 22.0 Å². The van der Waals surface area contributed by atoms with Gasteiger partial charge in [0.25, 0.3) is 11.4 Å². The van der Waals surface area contributed by atoms with Crippen LogP contribution >= 0.6 is 39.1 Å². The lowest BCUT2D eigenvalue weighted by Gasteiger charge is -2.19. The van der Waals surface area contributed by atoms with Crippen molar-refractivity contribution in [3.63, 3.8) is 0 Å². The molecule has 1 N–H and O–H groups in total. The monoisotopic (exact) mass is 541 g/mol. The Hall–Kier alpha value is -2.32. The largest absolute Gasteiger partial charge is 0.418 e. The van der Waals surface area contributed by atoms with E-state index in [1.54, 1.807) is 0 Å². The van der Waals surface area contributed by atoms with E-state index in [0.717, 1.165) is 0 Å². The fraction of sp³-hybridized carbons (Fsp3) is 0.143. The molecule has 2 aromatic rings. The summed E-state index contributed by atoms with van der Waals surface area (Å²) in [5.41, 5.74) is -7.76. The van der Waals surface area contributed by atoms with Crippen LogP contribution in [0, 0.1) is 20.2 Å². The third kappa shape index (κ3) is 4.70. The van der Waals surface area contributed by atoms with Crippen molar-refractivity contribution >= 4 is 61.9 Å². The van der Waals surface area contributed by atoms with E-state index < -0.39 is 70.6 Å². The summed E-state index contributed by atoms with van der Waals surface area (Å²) in [5.74, 6) is 0. The van der Waals surface area contributed by atoms with Gasteiger partial charge in [0.2, 0.25) is 0 Å². The Morgan fingerprint density at radius 2 is 1.37 bits per heavy atom. The molecule has 0 heterocycles. The molecule has 2 rings (SSSR count). The fourth-order valence-electron chi connectivity index (χ4n) is 2.26. The molecule has 0 saturated heterocycles. The summed E-state index contributed by atoms with van der Waals surface area (Å²) in [4.78, 5) is 19.5. The van der Waals surface area contributed by atoms with Gasteiger partial charge in [-0.15, -0.1) is 0 Å². The highest BCUT2D eigenvalue weighted by Gasteiger charge is 2.41. The average Bonchev–Trinajstić information content (AvgIpc) is 2.59. The molecule has 162 valence electrons. The molecule has 16 heteroatoms. The van der Waals surface area contributed by atoms with Gasteiger partial charge in [0.05, 0.1) is 42.8 Å². The minimum atomic E-state index is -5.31. The van der Waals surface area contributed by atoms with Crippen molar-refractivity contribution < 1.29 is 36.2 Å². The van der Waals surface area contributed by atoms with Gasteiger partial charge < -0.3 is 5.32 Å². The van der Waals surface area contributed by atoms with Crippen LogP contribution in [0.1, 0.15) is 11.1 Å². The zero-order valence-electron chi connectivity index (χ0n) is 13.7. The van der Waals surface area contributed by atoms with Crippen molar-refractivity contribution in [1.29, 1.82) is 0 Å². The number of halogens is 9. The van der Waals surface area contributed by atoms with E-state index in [1.165, 1.54) is 0 Å². The molecule has 0 aliphatic rings. The van der Waals surface area contributed by atoms with Crippen LogP contribution in [0.15, 0.2) is 22.7 Å². The van der Waals surface area contributed by atoms with Crippen molar-refractivity contribution in [2.45, 2.75) is 12.4 Å². The van der Waals surface area contributed by atoms with Gasteiger partial charge in [0, 0.05) is 10.5 Å². The van der Waals surface area contributed by atoms with Gasteiger partial charge in [-0.2, -0.15) is 26.3 Å². The fourth-order valence-corrected chi connectivity index (χ4v) is 3.40. The molecule has 0 bridgehead atoms. The molecular weight excluding hydrogens is 539 g/mol. The Morgan fingerprint density at radius 1 is 0.833 bits per heavy atom. The Morgan fingerprint density at radius 3 is 1.80 bits per heavy atom. The number of nitrogens with zero attached hydrogens (tertiary/aromatic N) is 2. The lowest BCUT2D eigenvalue weighted by Crippen LogP contribution is -2.13. The Bertz CT molecular complexity index is 1060. The maximum Gasteiger partial charge on any atom is 0.418 e. The maximum atomic E-state index is 13.4. The topological polar surface area (TPSA) is 98.3 Å². The summed E-state index contributed by atoms with van der Waals surface area (Å²) in [6, 6.07) is 0.689. The van der Waals surface area contributed by atoms with Gasteiger partial charge in [-0.3, -0.25) is 20.2 Å². The van der Waals surface area contributed by atoms with Gasteiger partial charge in [0.1, 0.15) is 5.69 Å². The van der Waals surface area contributed by atoms with E-state index in [-0.39, 0.29) is 12.1 Å². The summed E-state index contributed by atoms with van der Waals surface area (Å²) >= 11 is 14.0. The highest BCUT2D eigenvalue weighted by atomic mass is 79.9. The molecular formula is C14H4BrCl2F6N3O4. The van der Waals surface area contributed by atoms with Crippen LogP contribution in [0.4, 0.5) is 49.1 Å². The zero-order chi connectivity index (χ0) is 23.2. The third-order valence-electron chi connectivity index (χ3n) is 3.53. The van der Waals surface area contributed by atoms with E-state index in [9.17, 15) is 46.6 Å². The van der Waals surface area contributed by atoms with Crippen LogP contribution in [-0.2, 0) is 12.4 Å². The lowest BCUT2D eigenvalue weighted by molar-refractivity contribution is -0.394. The SMILES string of the molecule is O=[N+]([O-])c1cc([N+](=O)[O-])c(Nc2c(Br)cc(C(F)(F)F)c(Cl)c2Cl)c(C(F)(F)F)c1. The predicted octanol–water partition coefficient (Wildman–Crippen LogP) is 7.35. The van der Waals surface area contributed by atoms with Crippen LogP contribution in [0.5, 0.6) is 0 Å². The maximum absolute atomic E-state index is 13.4. The van der Waals surface area contributed by atoms with Crippen molar-refractivity contribution in [3.05, 3.63) is 64.1 Å². The second-order valence-electron chi connectivity index (χ2n) is 5.43. The third-order valence-corrected chi connectivity index (χ3v) is 5.02. The summed E-state index contributed by atoms with van der Waals surface area (Å²) in [6.07, 6.45) is -10.3. The molecule has 0 fully saturated rings. The number of benzene rings is 2. The van der Waals surface area contributed by atoms with E-state index in [4.69, 9.17) is 23.2 Å². The van der Waals surface area contributed by atoms with Gasteiger partial charge in [0.15, 0.2) is 0 Å². The van der Waals surface area contributed by atoms with Crippen molar-refractivity contribution in [1.82, 2.24) is 0 Å². The first-order chi connectivity index (χ1) is 13.6. The number of nitro benzene ring substituents is 2. The molecule has 7 nitrogen and oxygen atoms in total. The molecule has 0 aliphatic heterocycles.